The Balaban J connectivity index is 2.54. The Morgan fingerprint density at radius 3 is 2.43 bits per heavy atom. The van der Waals surface area contributed by atoms with E-state index in [1.165, 1.54) is 31.4 Å². The topological polar surface area (TPSA) is 69.1 Å². The first kappa shape index (κ1) is 23.8. The number of pyridine rings is 1. The number of imidazole rings is 1. The van der Waals surface area contributed by atoms with Crippen LogP contribution in [0.1, 0.15) is 78.5 Å². The molecule has 0 aromatic carbocycles. The van der Waals surface area contributed by atoms with Gasteiger partial charge in [0, 0.05) is 18.1 Å². The maximum Gasteiger partial charge on any atom is 0.151 e. The Labute approximate surface area is 181 Å². The third-order valence-electron chi connectivity index (χ3n) is 5.88. The van der Waals surface area contributed by atoms with Crippen molar-refractivity contribution in [2.45, 2.75) is 79.6 Å². The van der Waals surface area contributed by atoms with Crippen LogP contribution in [-0.4, -0.2) is 20.2 Å². The van der Waals surface area contributed by atoms with Crippen LogP contribution in [0.3, 0.4) is 0 Å². The van der Waals surface area contributed by atoms with Crippen molar-refractivity contribution in [1.82, 2.24) is 14.5 Å². The zero-order chi connectivity index (χ0) is 22.1. The van der Waals surface area contributed by atoms with Crippen LogP contribution in [0, 0.1) is 18.8 Å². The van der Waals surface area contributed by atoms with Crippen molar-refractivity contribution >= 4 is 18.1 Å². The van der Waals surface area contributed by atoms with Gasteiger partial charge >= 0.3 is 0 Å². The van der Waals surface area contributed by atoms with Crippen molar-refractivity contribution in [1.29, 1.82) is 0 Å². The number of rotatable bonds is 11. The maximum absolute atomic E-state index is 6.54. The fraction of sp³-hybridized carbons (Fsp3) is 0.560. The van der Waals surface area contributed by atoms with E-state index in [4.69, 9.17) is 15.7 Å². The molecule has 2 aromatic rings. The summed E-state index contributed by atoms with van der Waals surface area (Å²) < 4.78 is 2.01. The normalized spacial score (nSPS) is 15.2. The third-order valence-corrected chi connectivity index (χ3v) is 5.88. The number of hydrogen-bond donors (Lipinski definition) is 1. The molecule has 5 nitrogen and oxygen atoms in total. The highest BCUT2D eigenvalue weighted by Crippen LogP contribution is 2.24. The summed E-state index contributed by atoms with van der Waals surface area (Å²) >= 11 is 0. The van der Waals surface area contributed by atoms with E-state index in [0.717, 1.165) is 36.1 Å². The first-order chi connectivity index (χ1) is 14.4. The predicted octanol–water partition coefficient (Wildman–Crippen LogP) is 4.49. The summed E-state index contributed by atoms with van der Waals surface area (Å²) in [6.45, 7) is 15.2. The lowest BCUT2D eigenvalue weighted by molar-refractivity contribution is 0.504. The largest absolute Gasteiger partial charge is 0.382 e. The second-order valence-electron chi connectivity index (χ2n) is 8.21. The fourth-order valence-electron chi connectivity index (χ4n) is 4.05. The van der Waals surface area contributed by atoms with Crippen molar-refractivity contribution in [2.24, 2.45) is 22.6 Å². The lowest BCUT2D eigenvalue weighted by Gasteiger charge is -2.23. The first-order valence-corrected chi connectivity index (χ1v) is 11.5. The summed E-state index contributed by atoms with van der Waals surface area (Å²) in [7, 11) is 0. The number of nitrogens with zero attached hydrogens (tertiary/aromatic N) is 4. The highest BCUT2D eigenvalue weighted by atomic mass is 15.1. The summed E-state index contributed by atoms with van der Waals surface area (Å²) in [5, 5.41) is 1.44. The monoisotopic (exact) mass is 409 g/mol. The number of nitrogens with two attached hydrogens (primary N) is 1. The molecule has 0 saturated heterocycles. The molecule has 30 heavy (non-hydrogen) atoms. The molecule has 2 atom stereocenters. The Kier molecular flexibility index (Phi) is 9.28. The van der Waals surface area contributed by atoms with Crippen LogP contribution < -0.4 is 16.4 Å². The van der Waals surface area contributed by atoms with Gasteiger partial charge in [0.25, 0.3) is 0 Å². The molecule has 0 saturated carbocycles. The van der Waals surface area contributed by atoms with Crippen molar-refractivity contribution in [3.05, 3.63) is 41.0 Å². The summed E-state index contributed by atoms with van der Waals surface area (Å²) in [6, 6.07) is 3.89. The van der Waals surface area contributed by atoms with Gasteiger partial charge in [0.1, 0.15) is 11.2 Å². The first-order valence-electron chi connectivity index (χ1n) is 11.5. The van der Waals surface area contributed by atoms with Gasteiger partial charge in [0.05, 0.1) is 11.0 Å². The van der Waals surface area contributed by atoms with E-state index in [9.17, 15) is 0 Å². The minimum absolute atomic E-state index is 0.401. The second-order valence-corrected chi connectivity index (χ2v) is 8.21. The van der Waals surface area contributed by atoms with Gasteiger partial charge in [-0.05, 0) is 50.2 Å². The Hall–Kier alpha value is -2.43. The minimum Gasteiger partial charge on any atom is -0.382 e. The average Bonchev–Trinajstić information content (AvgIpc) is 3.05. The van der Waals surface area contributed by atoms with Crippen molar-refractivity contribution < 1.29 is 0 Å². The van der Waals surface area contributed by atoms with Gasteiger partial charge in [-0.2, -0.15) is 0 Å². The molecule has 2 heterocycles. The van der Waals surface area contributed by atoms with E-state index < -0.39 is 0 Å². The molecule has 2 aromatic heterocycles. The molecule has 5 heteroatoms. The molecule has 164 valence electrons. The zero-order valence-corrected chi connectivity index (χ0v) is 19.5. The van der Waals surface area contributed by atoms with Crippen LogP contribution in [0.15, 0.2) is 29.5 Å². The van der Waals surface area contributed by atoms with E-state index in [1.54, 1.807) is 12.4 Å². The zero-order valence-electron chi connectivity index (χ0n) is 19.5. The molecule has 0 fully saturated rings. The molecular weight excluding hydrogens is 370 g/mol. The van der Waals surface area contributed by atoms with E-state index in [2.05, 4.69) is 39.3 Å². The van der Waals surface area contributed by atoms with Crippen LogP contribution in [0.4, 0.5) is 0 Å². The van der Waals surface area contributed by atoms with Gasteiger partial charge in [0.2, 0.25) is 0 Å². The van der Waals surface area contributed by atoms with Gasteiger partial charge in [0.15, 0.2) is 5.82 Å². The second kappa shape index (κ2) is 11.7. The van der Waals surface area contributed by atoms with Crippen molar-refractivity contribution in [3.63, 3.8) is 0 Å². The van der Waals surface area contributed by atoms with Crippen LogP contribution in [0.2, 0.25) is 0 Å². The molecule has 0 bridgehead atoms. The van der Waals surface area contributed by atoms with E-state index >= 15 is 0 Å². The Morgan fingerprint density at radius 2 is 1.83 bits per heavy atom. The lowest BCUT2D eigenvalue weighted by Crippen LogP contribution is -2.33. The van der Waals surface area contributed by atoms with Gasteiger partial charge < -0.3 is 5.73 Å². The van der Waals surface area contributed by atoms with Crippen LogP contribution >= 0.6 is 0 Å². The third kappa shape index (κ3) is 5.80. The van der Waals surface area contributed by atoms with Gasteiger partial charge in [-0.25, -0.2) is 9.98 Å². The molecule has 0 amide bonds. The SMILES string of the molecule is C=c1/c(=C(N)\N=C(/C(C)CC)C(CCC)CCCCC)nc(C)n1-c1ccncc1. The summed E-state index contributed by atoms with van der Waals surface area (Å²) in [6.07, 6.45) is 11.8. The molecular formula is C25H39N5. The van der Waals surface area contributed by atoms with Crippen LogP contribution in [0.5, 0.6) is 0 Å². The number of aliphatic imine (C=N–C) groups is 1. The minimum atomic E-state index is 0.401. The average molecular weight is 410 g/mol. The fourth-order valence-corrected chi connectivity index (χ4v) is 4.05. The van der Waals surface area contributed by atoms with Crippen LogP contribution in [-0.2, 0) is 0 Å². The van der Waals surface area contributed by atoms with Crippen molar-refractivity contribution in [3.8, 4) is 5.69 Å². The quantitative estimate of drug-likeness (QED) is 0.439. The van der Waals surface area contributed by atoms with E-state index in [1.807, 2.05) is 23.6 Å². The molecule has 0 spiro atoms. The van der Waals surface area contributed by atoms with E-state index in [-0.39, 0.29) is 0 Å². The Bertz CT molecular complexity index is 926. The van der Waals surface area contributed by atoms with Gasteiger partial charge in [-0.1, -0.05) is 60.0 Å². The molecule has 2 rings (SSSR count). The number of aromatic nitrogens is 3. The highest BCUT2D eigenvalue weighted by molar-refractivity contribution is 5.91. The summed E-state index contributed by atoms with van der Waals surface area (Å²) in [5.74, 6) is 2.20. The molecule has 2 N–H and O–H groups in total. The standard InChI is InChI=1S/C25H39N5/c1-7-10-11-13-21(12-8-2)23(18(4)9-3)29-25(26)24-19(5)30(20(6)28-24)22-14-16-27-17-15-22/h14-18,21H,5,7-13,26H2,1-4,6H3/b25-24+,29-23+. The van der Waals surface area contributed by atoms with Gasteiger partial charge in [-0.15, -0.1) is 0 Å². The molecule has 0 aliphatic heterocycles. The molecule has 0 aliphatic rings. The summed E-state index contributed by atoms with van der Waals surface area (Å²) in [4.78, 5) is 13.8. The smallest absolute Gasteiger partial charge is 0.151 e. The van der Waals surface area contributed by atoms with E-state index in [0.29, 0.717) is 23.0 Å². The lowest BCUT2D eigenvalue weighted by atomic mass is 9.84. The summed E-state index contributed by atoms with van der Waals surface area (Å²) in [5.41, 5.74) is 8.74. The van der Waals surface area contributed by atoms with Crippen molar-refractivity contribution in [2.75, 3.05) is 0 Å². The molecule has 2 unspecified atom stereocenters. The predicted molar refractivity (Wildman–Crippen MR) is 128 cm³/mol. The van der Waals surface area contributed by atoms with Crippen LogP contribution in [0.25, 0.3) is 18.1 Å². The number of hydrogen-bond acceptors (Lipinski definition) is 4. The Morgan fingerprint density at radius 1 is 1.13 bits per heavy atom. The van der Waals surface area contributed by atoms with Gasteiger partial charge in [-0.3, -0.25) is 9.55 Å². The number of unbranched alkanes of at least 4 members (excludes halogenated alkanes) is 2. The molecule has 0 aliphatic carbocycles. The molecule has 0 radical (unpaired) electrons. The highest BCUT2D eigenvalue weighted by Gasteiger charge is 2.20. The maximum atomic E-state index is 6.54. The number of aryl methyl sites for hydroxylation is 1.